The predicted octanol–water partition coefficient (Wildman–Crippen LogP) is 2.68. The van der Waals surface area contributed by atoms with Gasteiger partial charge in [-0.3, -0.25) is 4.99 Å². The summed E-state index contributed by atoms with van der Waals surface area (Å²) in [6, 6.07) is 5.37. The summed E-state index contributed by atoms with van der Waals surface area (Å²) in [7, 11) is 5.15. The molecule has 1 fully saturated rings. The van der Waals surface area contributed by atoms with Crippen molar-refractivity contribution in [2.75, 3.05) is 54.1 Å². The van der Waals surface area contributed by atoms with E-state index >= 15 is 0 Å². The summed E-state index contributed by atoms with van der Waals surface area (Å²) in [6.45, 7) is 5.27. The number of nitrogens with one attached hydrogen (secondary N) is 1. The van der Waals surface area contributed by atoms with E-state index in [0.717, 1.165) is 31.6 Å². The fourth-order valence-corrected chi connectivity index (χ4v) is 2.68. The Morgan fingerprint density at radius 3 is 2.68 bits per heavy atom. The maximum absolute atomic E-state index is 10.6. The van der Waals surface area contributed by atoms with E-state index in [2.05, 4.69) is 10.3 Å². The van der Waals surface area contributed by atoms with Crippen molar-refractivity contribution >= 4 is 29.9 Å². The van der Waals surface area contributed by atoms with Crippen molar-refractivity contribution in [3.8, 4) is 11.5 Å². The first-order valence-electron chi connectivity index (χ1n) is 9.56. The van der Waals surface area contributed by atoms with Crippen molar-refractivity contribution in [3.63, 3.8) is 0 Å². The Bertz CT molecular complexity index is 611. The van der Waals surface area contributed by atoms with Gasteiger partial charge in [0.1, 0.15) is 17.6 Å². The molecular weight excluding hydrogens is 473 g/mol. The van der Waals surface area contributed by atoms with Crippen LogP contribution in [0.15, 0.2) is 23.2 Å². The normalized spacial score (nSPS) is 14.8. The molecule has 1 atom stereocenters. The Kier molecular flexibility index (Phi) is 11.6. The highest BCUT2D eigenvalue weighted by molar-refractivity contribution is 14.0. The van der Waals surface area contributed by atoms with E-state index in [-0.39, 0.29) is 30.5 Å². The van der Waals surface area contributed by atoms with Gasteiger partial charge in [0.05, 0.1) is 27.4 Å². The molecule has 0 spiro atoms. The number of aliphatic hydroxyl groups excluding tert-OH is 1. The second kappa shape index (κ2) is 13.1. The van der Waals surface area contributed by atoms with Gasteiger partial charge in [-0.2, -0.15) is 0 Å². The maximum atomic E-state index is 10.6. The van der Waals surface area contributed by atoms with E-state index in [0.29, 0.717) is 23.7 Å². The first kappa shape index (κ1) is 24.8. The number of benzene rings is 1. The van der Waals surface area contributed by atoms with Crippen LogP contribution >= 0.6 is 24.0 Å². The van der Waals surface area contributed by atoms with Crippen LogP contribution in [0.4, 0.5) is 0 Å². The standard InChI is InChI=1S/C20H33N3O4.HI/c1-5-21-20(23(2)10-11-27-14-15-6-7-15)22-13-18(24)17-12-16(25-3)8-9-19(17)26-4;/h8-9,12,15,18,24H,5-7,10-11,13-14H2,1-4H3,(H,21,22);1H. The van der Waals surface area contributed by atoms with Crippen molar-refractivity contribution in [2.24, 2.45) is 10.9 Å². The number of ether oxygens (including phenoxy) is 3. The monoisotopic (exact) mass is 507 g/mol. The maximum Gasteiger partial charge on any atom is 0.193 e. The summed E-state index contributed by atoms with van der Waals surface area (Å²) in [5.74, 6) is 2.80. The summed E-state index contributed by atoms with van der Waals surface area (Å²) in [5, 5.41) is 13.9. The van der Waals surface area contributed by atoms with Crippen LogP contribution in [0.5, 0.6) is 11.5 Å². The van der Waals surface area contributed by atoms with Gasteiger partial charge in [0.25, 0.3) is 0 Å². The molecule has 0 aromatic heterocycles. The zero-order chi connectivity index (χ0) is 19.6. The third kappa shape index (κ3) is 8.00. The molecule has 1 aromatic rings. The average molecular weight is 507 g/mol. The minimum Gasteiger partial charge on any atom is -0.497 e. The van der Waals surface area contributed by atoms with Crippen molar-refractivity contribution < 1.29 is 19.3 Å². The fraction of sp³-hybridized carbons (Fsp3) is 0.650. The van der Waals surface area contributed by atoms with Gasteiger partial charge < -0.3 is 29.5 Å². The van der Waals surface area contributed by atoms with Crippen molar-refractivity contribution in [1.82, 2.24) is 10.2 Å². The largest absolute Gasteiger partial charge is 0.497 e. The summed E-state index contributed by atoms with van der Waals surface area (Å²) < 4.78 is 16.3. The number of nitrogens with zero attached hydrogens (tertiary/aromatic N) is 2. The number of hydrogen-bond acceptors (Lipinski definition) is 5. The van der Waals surface area contributed by atoms with Gasteiger partial charge >= 0.3 is 0 Å². The molecule has 0 amide bonds. The molecule has 0 bridgehead atoms. The van der Waals surface area contributed by atoms with E-state index in [1.807, 2.05) is 18.9 Å². The fourth-order valence-electron chi connectivity index (χ4n) is 2.68. The number of aliphatic imine (C=N–C) groups is 1. The molecule has 0 saturated heterocycles. The molecule has 0 heterocycles. The van der Waals surface area contributed by atoms with Crippen LogP contribution in [0.25, 0.3) is 0 Å². The van der Waals surface area contributed by atoms with Crippen molar-refractivity contribution in [3.05, 3.63) is 23.8 Å². The van der Waals surface area contributed by atoms with Crippen LogP contribution in [-0.4, -0.2) is 70.1 Å². The van der Waals surface area contributed by atoms with Crippen LogP contribution < -0.4 is 14.8 Å². The molecular formula is C20H34IN3O4. The first-order chi connectivity index (χ1) is 13.1. The lowest BCUT2D eigenvalue weighted by Crippen LogP contribution is -2.40. The van der Waals surface area contributed by atoms with E-state index in [4.69, 9.17) is 14.2 Å². The van der Waals surface area contributed by atoms with Crippen LogP contribution in [-0.2, 0) is 4.74 Å². The van der Waals surface area contributed by atoms with Gasteiger partial charge in [-0.25, -0.2) is 0 Å². The molecule has 2 rings (SSSR count). The molecule has 1 saturated carbocycles. The predicted molar refractivity (Wildman–Crippen MR) is 122 cm³/mol. The van der Waals surface area contributed by atoms with E-state index in [1.165, 1.54) is 12.8 Å². The molecule has 1 unspecified atom stereocenters. The Morgan fingerprint density at radius 1 is 1.32 bits per heavy atom. The second-order valence-corrected chi connectivity index (χ2v) is 6.76. The zero-order valence-corrected chi connectivity index (χ0v) is 19.6. The van der Waals surface area contributed by atoms with Crippen molar-refractivity contribution in [2.45, 2.75) is 25.9 Å². The smallest absolute Gasteiger partial charge is 0.193 e. The molecule has 8 heteroatoms. The first-order valence-corrected chi connectivity index (χ1v) is 9.56. The topological polar surface area (TPSA) is 75.6 Å². The SMILES string of the molecule is CCNC(=NCC(O)c1cc(OC)ccc1OC)N(C)CCOCC1CC1.I. The van der Waals surface area contributed by atoms with E-state index in [9.17, 15) is 5.11 Å². The number of aliphatic hydroxyl groups is 1. The van der Waals surface area contributed by atoms with Crippen LogP contribution in [0.1, 0.15) is 31.4 Å². The van der Waals surface area contributed by atoms with Crippen LogP contribution in [0.2, 0.25) is 0 Å². The van der Waals surface area contributed by atoms with E-state index in [1.54, 1.807) is 32.4 Å². The number of guanidine groups is 1. The molecule has 0 aliphatic heterocycles. The third-order valence-corrected chi connectivity index (χ3v) is 4.53. The summed E-state index contributed by atoms with van der Waals surface area (Å²) >= 11 is 0. The van der Waals surface area contributed by atoms with Gasteiger partial charge in [-0.05, 0) is 43.9 Å². The number of rotatable bonds is 11. The van der Waals surface area contributed by atoms with Gasteiger partial charge in [-0.1, -0.05) is 0 Å². The molecule has 1 aromatic carbocycles. The van der Waals surface area contributed by atoms with Crippen LogP contribution in [0, 0.1) is 5.92 Å². The Morgan fingerprint density at radius 2 is 2.07 bits per heavy atom. The molecule has 2 N–H and O–H groups in total. The quantitative estimate of drug-likeness (QED) is 0.208. The molecule has 7 nitrogen and oxygen atoms in total. The minimum absolute atomic E-state index is 0. The highest BCUT2D eigenvalue weighted by atomic mass is 127. The number of halogens is 1. The number of hydrogen-bond donors (Lipinski definition) is 2. The lowest BCUT2D eigenvalue weighted by molar-refractivity contribution is 0.115. The van der Waals surface area contributed by atoms with Gasteiger partial charge in [0.2, 0.25) is 0 Å². The lowest BCUT2D eigenvalue weighted by Gasteiger charge is -2.22. The third-order valence-electron chi connectivity index (χ3n) is 4.53. The molecule has 1 aliphatic rings. The van der Waals surface area contributed by atoms with Gasteiger partial charge in [-0.15, -0.1) is 24.0 Å². The summed E-state index contributed by atoms with van der Waals surface area (Å²) in [5.41, 5.74) is 0.659. The molecule has 0 radical (unpaired) electrons. The van der Waals surface area contributed by atoms with Crippen molar-refractivity contribution in [1.29, 1.82) is 0 Å². The number of methoxy groups -OCH3 is 2. The summed E-state index contributed by atoms with van der Waals surface area (Å²) in [4.78, 5) is 6.60. The van der Waals surface area contributed by atoms with Crippen LogP contribution in [0.3, 0.4) is 0 Å². The Hall–Kier alpha value is -1.26. The lowest BCUT2D eigenvalue weighted by atomic mass is 10.1. The Balaban J connectivity index is 0.00000392. The Labute approximate surface area is 185 Å². The van der Waals surface area contributed by atoms with Gasteiger partial charge in [0, 0.05) is 32.3 Å². The highest BCUT2D eigenvalue weighted by Gasteiger charge is 2.21. The summed E-state index contributed by atoms with van der Waals surface area (Å²) in [6.07, 6.45) is 1.81. The zero-order valence-electron chi connectivity index (χ0n) is 17.3. The second-order valence-electron chi connectivity index (χ2n) is 6.76. The molecule has 28 heavy (non-hydrogen) atoms. The average Bonchev–Trinajstić information content (AvgIpc) is 3.51. The van der Waals surface area contributed by atoms with E-state index < -0.39 is 6.10 Å². The highest BCUT2D eigenvalue weighted by Crippen LogP contribution is 2.30. The molecule has 160 valence electrons. The van der Waals surface area contributed by atoms with Gasteiger partial charge in [0.15, 0.2) is 5.96 Å². The molecule has 1 aliphatic carbocycles. The minimum atomic E-state index is -0.789. The number of likely N-dealkylation sites (N-methyl/N-ethyl adjacent to an activating group) is 1.